The summed E-state index contributed by atoms with van der Waals surface area (Å²) in [4.78, 5) is 0. The lowest BCUT2D eigenvalue weighted by Gasteiger charge is -2.47. The number of halogens is 33. The summed E-state index contributed by atoms with van der Waals surface area (Å²) in [6, 6.07) is 0. The molecule has 0 aromatic heterocycles. The van der Waals surface area contributed by atoms with E-state index in [9.17, 15) is 145 Å². The zero-order chi connectivity index (χ0) is 44.3. The van der Waals surface area contributed by atoms with E-state index in [1.54, 1.807) is 0 Å². The van der Waals surface area contributed by atoms with Crippen LogP contribution in [0.25, 0.3) is 0 Å². The van der Waals surface area contributed by atoms with Gasteiger partial charge in [-0.2, -0.15) is 158 Å². The smallest absolute Gasteiger partial charge is 0.200 e. The van der Waals surface area contributed by atoms with Crippen molar-refractivity contribution in [2.24, 2.45) is 0 Å². The van der Waals surface area contributed by atoms with E-state index in [0.29, 0.717) is 0 Å². The second kappa shape index (κ2) is 12.5. The molecule has 1 atom stereocenters. The van der Waals surface area contributed by atoms with Crippen LogP contribution in [0.5, 0.6) is 0 Å². The minimum atomic E-state index is -10.2. The van der Waals surface area contributed by atoms with Crippen molar-refractivity contribution in [1.82, 2.24) is 0 Å². The van der Waals surface area contributed by atoms with Gasteiger partial charge in [0.15, 0.2) is 0 Å². The van der Waals surface area contributed by atoms with Crippen LogP contribution in [0.2, 0.25) is 0 Å². The molecule has 0 aliphatic heterocycles. The van der Waals surface area contributed by atoms with E-state index < -0.39 is 107 Å². The fourth-order valence-corrected chi connectivity index (χ4v) is 3.50. The summed E-state index contributed by atoms with van der Waals surface area (Å²) in [6.07, 6.45) is -11.4. The number of alkyl halides is 33. The molecule has 0 saturated heterocycles. The Bertz CT molecular complexity index is 1310. The summed E-state index contributed by atoms with van der Waals surface area (Å²) in [7, 11) is 0. The molecule has 0 bridgehead atoms. The SMILES string of the molecule is CC(S)CC(F)(F)C(F)(F)C(F)(F)C(F)(F)C(F)(F)C(F)(F)C(F)(F)C(F)(F)C(F)(F)C(F)(F)C(F)(F)C(F)(F)C(F)(F)C(F)(F)C(F)(F)C(F)(F)F. The third-order valence-electron chi connectivity index (χ3n) is 6.49. The minimum Gasteiger partial charge on any atom is -0.200 e. The molecule has 0 rings (SSSR count). The number of rotatable bonds is 16. The molecule has 0 aliphatic rings. The van der Waals surface area contributed by atoms with Crippen molar-refractivity contribution in [3.05, 3.63) is 0 Å². The highest BCUT2D eigenvalue weighted by Crippen LogP contribution is 2.70. The Morgan fingerprint density at radius 2 is 0.396 bits per heavy atom. The standard InChI is InChI=1S/C19H7F33S/c1-3(53)2-4(20,21)5(22,23)6(24,25)7(26,27)8(28,29)9(30,31)10(32,33)11(34,35)12(36,37)13(38,39)14(40,41)15(42,43)16(44,45)17(46,47)18(48,49)19(50,51)52/h3,53H,2H2,1H3. The van der Waals surface area contributed by atoms with Gasteiger partial charge in [-0.1, -0.05) is 6.92 Å². The Balaban J connectivity index is 7.71. The molecule has 0 aliphatic carbocycles. The van der Waals surface area contributed by atoms with Gasteiger partial charge >= 0.3 is 95.0 Å². The van der Waals surface area contributed by atoms with E-state index in [2.05, 4.69) is 12.6 Å². The third kappa shape index (κ3) is 6.06. The van der Waals surface area contributed by atoms with Crippen molar-refractivity contribution in [1.29, 1.82) is 0 Å². The van der Waals surface area contributed by atoms with Gasteiger partial charge in [-0.3, -0.25) is 0 Å². The summed E-state index contributed by atoms with van der Waals surface area (Å²) in [5.41, 5.74) is 0. The Morgan fingerprint density at radius 1 is 0.264 bits per heavy atom. The average molecular weight is 894 g/mol. The molecule has 0 heterocycles. The molecular weight excluding hydrogens is 887 g/mol. The van der Waals surface area contributed by atoms with Gasteiger partial charge in [-0.25, -0.2) is 0 Å². The van der Waals surface area contributed by atoms with E-state index in [1.807, 2.05) is 0 Å². The van der Waals surface area contributed by atoms with E-state index in [0.717, 1.165) is 0 Å². The molecule has 0 radical (unpaired) electrons. The van der Waals surface area contributed by atoms with Crippen LogP contribution in [0.4, 0.5) is 145 Å². The lowest BCUT2D eigenvalue weighted by Crippen LogP contribution is -2.80. The normalized spacial score (nSPS) is 17.7. The highest BCUT2D eigenvalue weighted by atomic mass is 32.1. The predicted octanol–water partition coefficient (Wildman–Crippen LogP) is 11.8. The molecule has 1 unspecified atom stereocenters. The highest BCUT2D eigenvalue weighted by Gasteiger charge is 3.01. The Labute approximate surface area is 272 Å². The summed E-state index contributed by atoms with van der Waals surface area (Å²) in [6.45, 7) is 0.175. The lowest BCUT2D eigenvalue weighted by molar-refractivity contribution is -0.491. The molecule has 0 fully saturated rings. The van der Waals surface area contributed by atoms with Gasteiger partial charge in [0.05, 0.1) is 0 Å². The fraction of sp³-hybridized carbons (Fsp3) is 1.00. The fourth-order valence-electron chi connectivity index (χ4n) is 3.27. The molecule has 34 heteroatoms. The van der Waals surface area contributed by atoms with Crippen LogP contribution in [0.3, 0.4) is 0 Å². The first-order valence-corrected chi connectivity index (χ1v) is 12.1. The van der Waals surface area contributed by atoms with Crippen molar-refractivity contribution in [3.8, 4) is 0 Å². The maximum absolute atomic E-state index is 13.9. The van der Waals surface area contributed by atoms with Crippen molar-refractivity contribution >= 4 is 12.6 Å². The van der Waals surface area contributed by atoms with Crippen LogP contribution in [0, 0.1) is 0 Å². The lowest BCUT2D eigenvalue weighted by atomic mass is 9.82. The molecule has 53 heavy (non-hydrogen) atoms. The van der Waals surface area contributed by atoms with E-state index in [-0.39, 0.29) is 6.92 Å². The van der Waals surface area contributed by atoms with Gasteiger partial charge in [0.1, 0.15) is 0 Å². The van der Waals surface area contributed by atoms with Crippen LogP contribution in [-0.4, -0.2) is 100 Å². The average Bonchev–Trinajstić information content (AvgIpc) is 2.89. The topological polar surface area (TPSA) is 0 Å². The molecule has 0 saturated carbocycles. The van der Waals surface area contributed by atoms with Gasteiger partial charge in [-0.05, 0) is 0 Å². The minimum absolute atomic E-state index is 0.175. The van der Waals surface area contributed by atoms with Gasteiger partial charge in [-0.15, -0.1) is 0 Å². The largest absolute Gasteiger partial charge is 0.460 e. The summed E-state index contributed by atoms with van der Waals surface area (Å²) < 4.78 is 445. The molecule has 0 aromatic carbocycles. The third-order valence-corrected chi connectivity index (χ3v) is 6.68. The van der Waals surface area contributed by atoms with Gasteiger partial charge in [0.25, 0.3) is 0 Å². The van der Waals surface area contributed by atoms with E-state index in [1.165, 1.54) is 0 Å². The van der Waals surface area contributed by atoms with Crippen LogP contribution in [0.15, 0.2) is 0 Å². The molecule has 0 amide bonds. The van der Waals surface area contributed by atoms with Crippen molar-refractivity contribution in [2.45, 2.75) is 114 Å². The highest BCUT2D eigenvalue weighted by molar-refractivity contribution is 7.80. The maximum Gasteiger partial charge on any atom is 0.460 e. The summed E-state index contributed by atoms with van der Waals surface area (Å²) in [5.74, 6) is -142. The Kier molecular flexibility index (Phi) is 12.1. The van der Waals surface area contributed by atoms with Crippen LogP contribution in [0.1, 0.15) is 13.3 Å². The number of hydrogen-bond donors (Lipinski definition) is 1. The number of hydrogen-bond acceptors (Lipinski definition) is 1. The first-order chi connectivity index (χ1) is 22.2. The molecule has 0 aromatic rings. The van der Waals surface area contributed by atoms with Crippen molar-refractivity contribution < 1.29 is 145 Å². The zero-order valence-corrected chi connectivity index (χ0v) is 24.1. The van der Waals surface area contributed by atoms with Crippen LogP contribution in [-0.2, 0) is 0 Å². The van der Waals surface area contributed by atoms with Crippen molar-refractivity contribution in [2.75, 3.05) is 0 Å². The van der Waals surface area contributed by atoms with E-state index in [4.69, 9.17) is 0 Å². The maximum atomic E-state index is 13.9. The second-order valence-corrected chi connectivity index (χ2v) is 11.2. The van der Waals surface area contributed by atoms with Gasteiger partial charge in [0, 0.05) is 11.7 Å². The Hall–Kier alpha value is -1.96. The molecular formula is C19H7F33S. The second-order valence-electron chi connectivity index (χ2n) is 10.3. The van der Waals surface area contributed by atoms with Gasteiger partial charge in [0.2, 0.25) is 0 Å². The predicted molar refractivity (Wildman–Crippen MR) is 103 cm³/mol. The van der Waals surface area contributed by atoms with Gasteiger partial charge < -0.3 is 0 Å². The first-order valence-electron chi connectivity index (χ1n) is 11.6. The summed E-state index contributed by atoms with van der Waals surface area (Å²) in [5, 5.41) is -2.44. The Morgan fingerprint density at radius 3 is 0.528 bits per heavy atom. The van der Waals surface area contributed by atoms with Crippen molar-refractivity contribution in [3.63, 3.8) is 0 Å². The van der Waals surface area contributed by atoms with Crippen LogP contribution < -0.4 is 0 Å². The van der Waals surface area contributed by atoms with Crippen LogP contribution >= 0.6 is 12.6 Å². The molecule has 320 valence electrons. The zero-order valence-electron chi connectivity index (χ0n) is 23.2. The molecule has 0 N–H and O–H groups in total. The quantitative estimate of drug-likeness (QED) is 0.116. The molecule has 0 spiro atoms. The summed E-state index contributed by atoms with van der Waals surface area (Å²) >= 11 is 2.82. The van der Waals surface area contributed by atoms with E-state index >= 15 is 0 Å². The first kappa shape index (κ1) is 51.0. The number of thiol groups is 1. The molecule has 0 nitrogen and oxygen atoms in total. The monoisotopic (exact) mass is 894 g/mol.